The lowest BCUT2D eigenvalue weighted by Crippen LogP contribution is -2.01. The average Bonchev–Trinajstić information content (AvgIpc) is 2.60. The highest BCUT2D eigenvalue weighted by Gasteiger charge is 2.05. The van der Waals surface area contributed by atoms with Crippen molar-refractivity contribution in [1.29, 1.82) is 0 Å². The van der Waals surface area contributed by atoms with E-state index in [2.05, 4.69) is 0 Å². The van der Waals surface area contributed by atoms with Crippen molar-refractivity contribution in [3.63, 3.8) is 0 Å². The summed E-state index contributed by atoms with van der Waals surface area (Å²) in [4.78, 5) is 11.9. The van der Waals surface area contributed by atoms with E-state index in [0.717, 1.165) is 11.1 Å². The summed E-state index contributed by atoms with van der Waals surface area (Å²) in [6.07, 6.45) is 8.98. The second-order valence-corrected chi connectivity index (χ2v) is 7.13. The van der Waals surface area contributed by atoms with Gasteiger partial charge in [-0.3, -0.25) is 0 Å². The molecule has 152 valence electrons. The van der Waals surface area contributed by atoms with Gasteiger partial charge >= 0.3 is 5.97 Å². The van der Waals surface area contributed by atoms with Gasteiger partial charge in [0.1, 0.15) is 31.3 Å². The summed E-state index contributed by atoms with van der Waals surface area (Å²) in [5, 5.41) is 0. The zero-order valence-electron chi connectivity index (χ0n) is 17.9. The molecule has 0 saturated carbocycles. The van der Waals surface area contributed by atoms with E-state index < -0.39 is 5.97 Å². The number of hydrogen-bond acceptors (Lipinski definition) is 4. The summed E-state index contributed by atoms with van der Waals surface area (Å²) >= 11 is 0. The third-order valence-corrected chi connectivity index (χ3v) is 3.57. The summed E-state index contributed by atoms with van der Waals surface area (Å²) in [6, 6.07) is 5.57. The maximum absolute atomic E-state index is 11.9. The molecule has 0 aliphatic rings. The molecule has 0 aliphatic carbocycles. The molecular formula is C24H32O4. The van der Waals surface area contributed by atoms with Crippen molar-refractivity contribution in [1.82, 2.24) is 0 Å². The van der Waals surface area contributed by atoms with Crippen molar-refractivity contribution in [2.45, 2.75) is 41.5 Å². The second-order valence-electron chi connectivity index (χ2n) is 7.13. The quantitative estimate of drug-likeness (QED) is 0.286. The largest absolute Gasteiger partial charge is 0.489 e. The Labute approximate surface area is 169 Å². The highest BCUT2D eigenvalue weighted by Crippen LogP contribution is 2.26. The number of rotatable bonds is 10. The van der Waals surface area contributed by atoms with E-state index in [-0.39, 0.29) is 6.61 Å². The Hall–Kier alpha value is -2.75. The van der Waals surface area contributed by atoms with Crippen LogP contribution in [0.2, 0.25) is 0 Å². The van der Waals surface area contributed by atoms with E-state index in [1.807, 2.05) is 78.0 Å². The summed E-state index contributed by atoms with van der Waals surface area (Å²) in [6.45, 7) is 13.2. The molecule has 28 heavy (non-hydrogen) atoms. The minimum atomic E-state index is -0.392. The van der Waals surface area contributed by atoms with Gasteiger partial charge in [0, 0.05) is 17.7 Å². The SMILES string of the molecule is CC(C)=CCOC(=O)/C=C/c1ccc(OCC=C(C)C)cc1OCC=C(C)C. The highest BCUT2D eigenvalue weighted by atomic mass is 16.5. The van der Waals surface area contributed by atoms with Gasteiger partial charge in [0.25, 0.3) is 0 Å². The number of hydrogen-bond donors (Lipinski definition) is 0. The molecular weight excluding hydrogens is 352 g/mol. The first-order valence-corrected chi connectivity index (χ1v) is 9.42. The molecule has 0 aliphatic heterocycles. The van der Waals surface area contributed by atoms with Crippen LogP contribution in [0.15, 0.2) is 59.2 Å². The molecule has 0 fully saturated rings. The van der Waals surface area contributed by atoms with E-state index in [0.29, 0.717) is 24.7 Å². The molecule has 1 aromatic carbocycles. The lowest BCUT2D eigenvalue weighted by Gasteiger charge is -2.11. The minimum absolute atomic E-state index is 0.270. The Morgan fingerprint density at radius 2 is 1.39 bits per heavy atom. The average molecular weight is 385 g/mol. The first-order valence-electron chi connectivity index (χ1n) is 9.42. The number of allylic oxidation sites excluding steroid dienone is 3. The second kappa shape index (κ2) is 12.6. The summed E-state index contributed by atoms with van der Waals surface area (Å²) < 4.78 is 16.8. The van der Waals surface area contributed by atoms with E-state index >= 15 is 0 Å². The molecule has 0 N–H and O–H groups in total. The maximum atomic E-state index is 11.9. The summed E-state index contributed by atoms with van der Waals surface area (Å²) in [5.41, 5.74) is 4.27. The van der Waals surface area contributed by atoms with Crippen molar-refractivity contribution in [2.75, 3.05) is 19.8 Å². The fraction of sp³-hybridized carbons (Fsp3) is 0.375. The van der Waals surface area contributed by atoms with Crippen molar-refractivity contribution in [3.8, 4) is 11.5 Å². The first kappa shape index (κ1) is 23.3. The number of carbonyl (C=O) groups is 1. The summed E-state index contributed by atoms with van der Waals surface area (Å²) in [7, 11) is 0. The topological polar surface area (TPSA) is 44.8 Å². The Morgan fingerprint density at radius 3 is 2.00 bits per heavy atom. The lowest BCUT2D eigenvalue weighted by atomic mass is 10.1. The van der Waals surface area contributed by atoms with E-state index in [1.165, 1.54) is 17.2 Å². The molecule has 4 heteroatoms. The number of esters is 1. The van der Waals surface area contributed by atoms with E-state index in [4.69, 9.17) is 14.2 Å². The van der Waals surface area contributed by atoms with Crippen LogP contribution in [0.25, 0.3) is 6.08 Å². The van der Waals surface area contributed by atoms with Gasteiger partial charge in [-0.2, -0.15) is 0 Å². The van der Waals surface area contributed by atoms with Crippen molar-refractivity contribution >= 4 is 12.0 Å². The molecule has 1 rings (SSSR count). The van der Waals surface area contributed by atoms with Gasteiger partial charge in [-0.1, -0.05) is 16.7 Å². The fourth-order valence-electron chi connectivity index (χ4n) is 1.97. The van der Waals surface area contributed by atoms with Crippen LogP contribution in [0.1, 0.15) is 47.1 Å². The van der Waals surface area contributed by atoms with Crippen LogP contribution in [-0.4, -0.2) is 25.8 Å². The van der Waals surface area contributed by atoms with Crippen LogP contribution in [0, 0.1) is 0 Å². The van der Waals surface area contributed by atoms with Gasteiger partial charge in [0.05, 0.1) is 0 Å². The zero-order valence-corrected chi connectivity index (χ0v) is 17.9. The monoisotopic (exact) mass is 384 g/mol. The summed E-state index contributed by atoms with van der Waals surface area (Å²) in [5.74, 6) is 0.977. The molecule has 0 bridgehead atoms. The van der Waals surface area contributed by atoms with Gasteiger partial charge in [-0.15, -0.1) is 0 Å². The van der Waals surface area contributed by atoms with E-state index in [1.54, 1.807) is 6.08 Å². The smallest absolute Gasteiger partial charge is 0.331 e. The van der Waals surface area contributed by atoms with Gasteiger partial charge in [0.2, 0.25) is 0 Å². The zero-order chi connectivity index (χ0) is 20.9. The Kier molecular flexibility index (Phi) is 10.5. The van der Waals surface area contributed by atoms with Gasteiger partial charge in [0.15, 0.2) is 0 Å². The van der Waals surface area contributed by atoms with Crippen LogP contribution < -0.4 is 9.47 Å². The lowest BCUT2D eigenvalue weighted by molar-refractivity contribution is -0.136. The molecule has 0 saturated heterocycles. The predicted octanol–water partition coefficient (Wildman–Crippen LogP) is 5.90. The molecule has 0 aromatic heterocycles. The third-order valence-electron chi connectivity index (χ3n) is 3.57. The van der Waals surface area contributed by atoms with Crippen molar-refractivity contribution in [2.24, 2.45) is 0 Å². The molecule has 1 aromatic rings. The Bertz CT molecular complexity index is 755. The molecule has 0 unspecified atom stereocenters. The van der Waals surface area contributed by atoms with Gasteiger partial charge < -0.3 is 14.2 Å². The minimum Gasteiger partial charge on any atom is -0.489 e. The molecule has 0 atom stereocenters. The maximum Gasteiger partial charge on any atom is 0.331 e. The number of ether oxygens (including phenoxy) is 3. The predicted molar refractivity (Wildman–Crippen MR) is 116 cm³/mol. The van der Waals surface area contributed by atoms with Crippen molar-refractivity contribution < 1.29 is 19.0 Å². The normalized spacial score (nSPS) is 10.2. The van der Waals surface area contributed by atoms with Crippen LogP contribution in [0.5, 0.6) is 11.5 Å². The van der Waals surface area contributed by atoms with Crippen LogP contribution in [0.4, 0.5) is 0 Å². The van der Waals surface area contributed by atoms with Gasteiger partial charge in [-0.05, 0) is 78.0 Å². The van der Waals surface area contributed by atoms with Crippen LogP contribution >= 0.6 is 0 Å². The third kappa shape index (κ3) is 10.4. The Morgan fingerprint density at radius 1 is 0.821 bits per heavy atom. The molecule has 0 amide bonds. The number of carbonyl (C=O) groups excluding carboxylic acids is 1. The molecule has 4 nitrogen and oxygen atoms in total. The van der Waals surface area contributed by atoms with Crippen molar-refractivity contribution in [3.05, 3.63) is 64.8 Å². The molecule has 0 radical (unpaired) electrons. The van der Waals surface area contributed by atoms with E-state index in [9.17, 15) is 4.79 Å². The standard InChI is InChI=1S/C24H32O4/c1-18(2)11-14-26-22-9-7-21(23(17-22)27-15-12-19(3)4)8-10-24(25)28-16-13-20(5)6/h7-13,17H,14-16H2,1-6H3/b10-8+. The van der Waals surface area contributed by atoms with Crippen LogP contribution in [0.3, 0.4) is 0 Å². The van der Waals surface area contributed by atoms with Gasteiger partial charge in [-0.25, -0.2) is 4.79 Å². The first-order chi connectivity index (χ1) is 13.3. The Balaban J connectivity index is 2.89. The number of benzene rings is 1. The highest BCUT2D eigenvalue weighted by molar-refractivity contribution is 5.87. The molecule has 0 heterocycles. The molecule has 0 spiro atoms. The fourth-order valence-corrected chi connectivity index (χ4v) is 1.97. The van der Waals surface area contributed by atoms with Crippen LogP contribution in [-0.2, 0) is 9.53 Å².